The molecule has 0 aliphatic carbocycles. The Hall–Kier alpha value is -2.30. The maximum Gasteiger partial charge on any atom is 0.451 e. The lowest BCUT2D eigenvalue weighted by Gasteiger charge is -2.15. The van der Waals surface area contributed by atoms with E-state index in [-0.39, 0.29) is 40.9 Å². The number of rotatable bonds is 6. The molecule has 0 saturated carbocycles. The van der Waals surface area contributed by atoms with E-state index in [0.29, 0.717) is 5.02 Å². The zero-order valence-electron chi connectivity index (χ0n) is 13.4. The smallest absolute Gasteiger partial charge is 0.451 e. The lowest BCUT2D eigenvalue weighted by atomic mass is 10.3. The minimum atomic E-state index is -4.73. The average molecular weight is 422 g/mol. The predicted molar refractivity (Wildman–Crippen MR) is 93.1 cm³/mol. The number of aliphatic hydroxyl groups is 1. The molecule has 2 aromatic heterocycles. The molecule has 0 radical (unpaired) electrons. The molecule has 144 valence electrons. The van der Waals surface area contributed by atoms with Gasteiger partial charge in [-0.05, 0) is 12.1 Å². The van der Waals surface area contributed by atoms with Gasteiger partial charge in [-0.1, -0.05) is 29.3 Å². The number of imidazole rings is 1. The van der Waals surface area contributed by atoms with Crippen LogP contribution in [0.4, 0.5) is 19.0 Å². The lowest BCUT2D eigenvalue weighted by molar-refractivity contribution is -0.144. The summed E-state index contributed by atoms with van der Waals surface area (Å²) in [7, 11) is 0. The Morgan fingerprint density at radius 3 is 2.78 bits per heavy atom. The van der Waals surface area contributed by atoms with Gasteiger partial charge in [-0.25, -0.2) is 15.0 Å². The zero-order chi connectivity index (χ0) is 19.6. The Kier molecular flexibility index (Phi) is 5.59. The molecule has 3 N–H and O–H groups in total. The predicted octanol–water partition coefficient (Wildman–Crippen LogP) is 3.53. The first-order valence-electron chi connectivity index (χ1n) is 7.52. The van der Waals surface area contributed by atoms with Crippen molar-refractivity contribution in [2.75, 3.05) is 18.5 Å². The maximum atomic E-state index is 12.9. The van der Waals surface area contributed by atoms with Crippen LogP contribution in [0.2, 0.25) is 10.0 Å². The molecule has 1 atom stereocenters. The largest absolute Gasteiger partial charge is 0.489 e. The van der Waals surface area contributed by atoms with Crippen LogP contribution in [0.1, 0.15) is 5.82 Å². The third kappa shape index (κ3) is 4.52. The van der Waals surface area contributed by atoms with Gasteiger partial charge in [0.2, 0.25) is 5.82 Å². The molecule has 0 aliphatic heterocycles. The monoisotopic (exact) mass is 421 g/mol. The third-order valence-electron chi connectivity index (χ3n) is 3.39. The van der Waals surface area contributed by atoms with Crippen LogP contribution in [-0.2, 0) is 6.18 Å². The Labute approximate surface area is 160 Å². The van der Waals surface area contributed by atoms with Crippen molar-refractivity contribution in [2.24, 2.45) is 0 Å². The summed E-state index contributed by atoms with van der Waals surface area (Å²) in [5.74, 6) is -1.19. The molecule has 0 amide bonds. The van der Waals surface area contributed by atoms with Crippen molar-refractivity contribution in [3.63, 3.8) is 0 Å². The number of aromatic amines is 1. The van der Waals surface area contributed by atoms with E-state index in [1.165, 1.54) is 6.33 Å². The number of hydrogen-bond donors (Lipinski definition) is 3. The second kappa shape index (κ2) is 7.75. The van der Waals surface area contributed by atoms with Crippen molar-refractivity contribution >= 4 is 40.2 Å². The first kappa shape index (κ1) is 19.5. The average Bonchev–Trinajstić information content (AvgIpc) is 3.09. The number of aliphatic hydroxyl groups excluding tert-OH is 1. The number of alkyl halides is 3. The molecule has 0 spiro atoms. The van der Waals surface area contributed by atoms with E-state index in [1.54, 1.807) is 18.2 Å². The topological polar surface area (TPSA) is 96.0 Å². The van der Waals surface area contributed by atoms with Gasteiger partial charge in [0.25, 0.3) is 0 Å². The molecule has 12 heteroatoms. The molecule has 3 rings (SSSR count). The Bertz CT molecular complexity index is 951. The van der Waals surface area contributed by atoms with Crippen molar-refractivity contribution < 1.29 is 23.0 Å². The number of benzene rings is 1. The Morgan fingerprint density at radius 1 is 1.26 bits per heavy atom. The SMILES string of the molecule is OC(CNc1nc(C(F)(F)F)nc2nc[nH]c12)COc1cccc(Cl)c1Cl. The van der Waals surface area contributed by atoms with E-state index in [4.69, 9.17) is 27.9 Å². The van der Waals surface area contributed by atoms with E-state index < -0.39 is 18.1 Å². The molecule has 27 heavy (non-hydrogen) atoms. The molecule has 1 unspecified atom stereocenters. The van der Waals surface area contributed by atoms with E-state index in [0.717, 1.165) is 0 Å². The number of anilines is 1. The summed E-state index contributed by atoms with van der Waals surface area (Å²) in [6.45, 7) is -0.309. The normalized spacial score (nSPS) is 13.0. The second-order valence-electron chi connectivity index (χ2n) is 5.39. The summed E-state index contributed by atoms with van der Waals surface area (Å²) in [6, 6.07) is 4.78. The van der Waals surface area contributed by atoms with Gasteiger partial charge in [0.1, 0.15) is 29.0 Å². The minimum Gasteiger partial charge on any atom is -0.489 e. The number of nitrogens with zero attached hydrogens (tertiary/aromatic N) is 3. The molecular formula is C15H12Cl2F3N5O2. The van der Waals surface area contributed by atoms with Crippen molar-refractivity contribution in [1.29, 1.82) is 0 Å². The number of hydrogen-bond acceptors (Lipinski definition) is 6. The molecule has 3 aromatic rings. The molecule has 0 bridgehead atoms. The Morgan fingerprint density at radius 2 is 2.04 bits per heavy atom. The maximum absolute atomic E-state index is 12.9. The van der Waals surface area contributed by atoms with Gasteiger partial charge in [0.05, 0.1) is 11.3 Å². The van der Waals surface area contributed by atoms with Gasteiger partial charge in [0.15, 0.2) is 11.5 Å². The van der Waals surface area contributed by atoms with Crippen LogP contribution in [0.15, 0.2) is 24.5 Å². The van der Waals surface area contributed by atoms with E-state index in [9.17, 15) is 18.3 Å². The third-order valence-corrected chi connectivity index (χ3v) is 4.19. The summed E-state index contributed by atoms with van der Waals surface area (Å²) in [6.07, 6.45) is -4.60. The van der Waals surface area contributed by atoms with Crippen LogP contribution in [-0.4, -0.2) is 44.3 Å². The quantitative estimate of drug-likeness (QED) is 0.563. The summed E-state index contributed by atoms with van der Waals surface area (Å²) >= 11 is 11.8. The minimum absolute atomic E-state index is 0.135. The van der Waals surface area contributed by atoms with Crippen molar-refractivity contribution in [1.82, 2.24) is 19.9 Å². The highest BCUT2D eigenvalue weighted by Gasteiger charge is 2.36. The fraction of sp³-hybridized carbons (Fsp3) is 0.267. The molecule has 1 aromatic carbocycles. The fourth-order valence-electron chi connectivity index (χ4n) is 2.14. The Balaban J connectivity index is 1.67. The molecule has 0 aliphatic rings. The molecule has 2 heterocycles. The summed E-state index contributed by atoms with van der Waals surface area (Å²) < 4.78 is 44.1. The van der Waals surface area contributed by atoms with Crippen LogP contribution >= 0.6 is 23.2 Å². The highest BCUT2D eigenvalue weighted by Crippen LogP contribution is 2.31. The number of halogens is 5. The number of nitrogens with one attached hydrogen (secondary N) is 2. The van der Waals surface area contributed by atoms with Crippen molar-refractivity contribution in [3.8, 4) is 5.75 Å². The van der Waals surface area contributed by atoms with Crippen LogP contribution in [0.25, 0.3) is 11.2 Å². The first-order chi connectivity index (χ1) is 12.8. The van der Waals surface area contributed by atoms with Gasteiger partial charge in [0, 0.05) is 6.54 Å². The van der Waals surface area contributed by atoms with Crippen molar-refractivity contribution in [3.05, 3.63) is 40.4 Å². The molecule has 7 nitrogen and oxygen atoms in total. The highest BCUT2D eigenvalue weighted by molar-refractivity contribution is 6.42. The summed E-state index contributed by atoms with van der Waals surface area (Å²) in [5.41, 5.74) is 0.0466. The number of aromatic nitrogens is 4. The number of H-pyrrole nitrogens is 1. The van der Waals surface area contributed by atoms with Gasteiger partial charge in [-0.15, -0.1) is 0 Å². The molecular weight excluding hydrogens is 410 g/mol. The van der Waals surface area contributed by atoms with E-state index in [2.05, 4.69) is 25.3 Å². The lowest BCUT2D eigenvalue weighted by Crippen LogP contribution is -2.27. The summed E-state index contributed by atoms with van der Waals surface area (Å²) in [4.78, 5) is 13.2. The fourth-order valence-corrected chi connectivity index (χ4v) is 2.49. The molecule has 0 saturated heterocycles. The van der Waals surface area contributed by atoms with E-state index in [1.807, 2.05) is 0 Å². The van der Waals surface area contributed by atoms with Gasteiger partial charge in [-0.3, -0.25) is 0 Å². The standard InChI is InChI=1S/C15H12Cl2F3N5O2/c16-8-2-1-3-9(10(8)17)27-5-7(26)4-21-12-11-13(23-6-22-11)25-14(24-12)15(18,19)20/h1-3,6-7,26H,4-5H2,(H2,21,22,23,24,25). The summed E-state index contributed by atoms with van der Waals surface area (Å²) in [5, 5.41) is 13.2. The van der Waals surface area contributed by atoms with Gasteiger partial charge < -0.3 is 20.1 Å². The van der Waals surface area contributed by atoms with Gasteiger partial charge in [-0.2, -0.15) is 13.2 Å². The van der Waals surface area contributed by atoms with E-state index >= 15 is 0 Å². The first-order valence-corrected chi connectivity index (χ1v) is 8.28. The molecule has 0 fully saturated rings. The van der Waals surface area contributed by atoms with Gasteiger partial charge >= 0.3 is 6.18 Å². The van der Waals surface area contributed by atoms with Crippen LogP contribution in [0.3, 0.4) is 0 Å². The zero-order valence-corrected chi connectivity index (χ0v) is 14.9. The van der Waals surface area contributed by atoms with Crippen LogP contribution in [0, 0.1) is 0 Å². The second-order valence-corrected chi connectivity index (χ2v) is 6.18. The van der Waals surface area contributed by atoms with Crippen LogP contribution < -0.4 is 10.1 Å². The highest BCUT2D eigenvalue weighted by atomic mass is 35.5. The van der Waals surface area contributed by atoms with Crippen molar-refractivity contribution in [2.45, 2.75) is 12.3 Å². The number of ether oxygens (including phenoxy) is 1. The number of fused-ring (bicyclic) bond motifs is 1. The van der Waals surface area contributed by atoms with Crippen LogP contribution in [0.5, 0.6) is 5.75 Å².